The molecule has 1 aromatic heterocycles. The highest BCUT2D eigenvalue weighted by atomic mass is 16.1. The van der Waals surface area contributed by atoms with Crippen molar-refractivity contribution in [2.24, 2.45) is 5.92 Å². The van der Waals surface area contributed by atoms with Crippen LogP contribution in [0, 0.1) is 19.8 Å². The minimum Gasteiger partial charge on any atom is -0.323 e. The number of benzene rings is 1. The molecule has 0 saturated carbocycles. The summed E-state index contributed by atoms with van der Waals surface area (Å²) in [6, 6.07) is 10.6. The van der Waals surface area contributed by atoms with E-state index in [1.807, 2.05) is 19.9 Å². The molecule has 1 aromatic carbocycles. The molecule has 2 aliphatic heterocycles. The monoisotopic (exact) mass is 317 g/mol. The zero-order valence-electron chi connectivity index (χ0n) is 13.8. The lowest BCUT2D eigenvalue weighted by molar-refractivity contribution is -0.116. The lowest BCUT2D eigenvalue weighted by atomic mass is 9.88. The molecule has 24 heavy (non-hydrogen) atoms. The smallest absolute Gasteiger partial charge is 0.226 e. The summed E-state index contributed by atoms with van der Waals surface area (Å²) in [4.78, 5) is 24.2. The molecule has 0 amide bonds. The number of fused-ring (bicyclic) bond motifs is 7. The van der Waals surface area contributed by atoms with Crippen molar-refractivity contribution in [1.29, 1.82) is 0 Å². The average Bonchev–Trinajstić information content (AvgIpc) is 3.02. The van der Waals surface area contributed by atoms with E-state index in [9.17, 15) is 4.79 Å². The van der Waals surface area contributed by atoms with E-state index in [0.29, 0.717) is 11.9 Å². The summed E-state index contributed by atoms with van der Waals surface area (Å²) in [5.74, 6) is 1.56. The quantitative estimate of drug-likeness (QED) is 0.811. The number of aromatic nitrogens is 2. The molecule has 2 aromatic rings. The van der Waals surface area contributed by atoms with Gasteiger partial charge in [0.2, 0.25) is 5.95 Å². The van der Waals surface area contributed by atoms with Crippen LogP contribution in [0.25, 0.3) is 0 Å². The Hall–Kier alpha value is -2.49. The topological polar surface area (TPSA) is 46.1 Å². The van der Waals surface area contributed by atoms with Gasteiger partial charge in [-0.25, -0.2) is 9.97 Å². The fraction of sp³-hybridized carbons (Fsp3) is 0.350. The molecule has 4 unspecified atom stereocenters. The number of hydrogen-bond acceptors (Lipinski definition) is 4. The second-order valence-corrected chi connectivity index (χ2v) is 7.15. The highest BCUT2D eigenvalue weighted by Crippen LogP contribution is 2.52. The predicted octanol–water partition coefficient (Wildman–Crippen LogP) is 2.75. The standard InChI is InChI=1S/C20H19N3O/c1-11-9-12(2)22-20(21-11)23-16-7-8-17(24)19(23)18-14-6-4-3-5-13(14)10-15(16)18/h3-9,15-16,18-19H,10H2,1-2H3. The van der Waals surface area contributed by atoms with Gasteiger partial charge in [-0.15, -0.1) is 0 Å². The molecule has 1 fully saturated rings. The van der Waals surface area contributed by atoms with Gasteiger partial charge in [-0.2, -0.15) is 0 Å². The van der Waals surface area contributed by atoms with E-state index in [1.54, 1.807) is 6.08 Å². The maximum Gasteiger partial charge on any atom is 0.226 e. The van der Waals surface area contributed by atoms with E-state index in [1.165, 1.54) is 11.1 Å². The highest BCUT2D eigenvalue weighted by Gasteiger charge is 2.56. The minimum atomic E-state index is -0.171. The summed E-state index contributed by atoms with van der Waals surface area (Å²) in [6.45, 7) is 3.97. The highest BCUT2D eigenvalue weighted by molar-refractivity contribution is 6.00. The number of hydrogen-bond donors (Lipinski definition) is 0. The molecule has 3 aliphatic rings. The first-order valence-corrected chi connectivity index (χ1v) is 8.54. The number of anilines is 1. The second kappa shape index (κ2) is 4.76. The first-order chi connectivity index (χ1) is 11.6. The SMILES string of the molecule is Cc1cc(C)nc(N2C3C=CC(=O)C2C2c4ccccc4CC23)n1. The number of ketones is 1. The van der Waals surface area contributed by atoms with Gasteiger partial charge in [-0.3, -0.25) is 4.79 Å². The maximum absolute atomic E-state index is 12.8. The van der Waals surface area contributed by atoms with Gasteiger partial charge in [0, 0.05) is 17.3 Å². The summed E-state index contributed by atoms with van der Waals surface area (Å²) in [7, 11) is 0. The number of nitrogens with zero attached hydrogens (tertiary/aromatic N) is 3. The van der Waals surface area contributed by atoms with Crippen LogP contribution in [0.2, 0.25) is 0 Å². The lowest BCUT2D eigenvalue weighted by Crippen LogP contribution is -2.46. The minimum absolute atomic E-state index is 0.171. The molecular formula is C20H19N3O. The van der Waals surface area contributed by atoms with Gasteiger partial charge in [-0.05, 0) is 49.5 Å². The Morgan fingerprint density at radius 1 is 1.12 bits per heavy atom. The third-order valence-electron chi connectivity index (χ3n) is 5.68. The largest absolute Gasteiger partial charge is 0.323 e. The molecule has 0 N–H and O–H groups in total. The van der Waals surface area contributed by atoms with E-state index in [-0.39, 0.29) is 23.8 Å². The van der Waals surface area contributed by atoms with Crippen LogP contribution < -0.4 is 4.90 Å². The third kappa shape index (κ3) is 1.77. The molecule has 4 heteroatoms. The Morgan fingerprint density at radius 3 is 2.67 bits per heavy atom. The first kappa shape index (κ1) is 13.9. The summed E-state index contributed by atoms with van der Waals surface area (Å²) in [5.41, 5.74) is 4.63. The summed E-state index contributed by atoms with van der Waals surface area (Å²) in [5, 5.41) is 0. The Labute approximate surface area is 141 Å². The van der Waals surface area contributed by atoms with Crippen LogP contribution in [-0.2, 0) is 11.2 Å². The van der Waals surface area contributed by atoms with Gasteiger partial charge >= 0.3 is 0 Å². The predicted molar refractivity (Wildman–Crippen MR) is 92.1 cm³/mol. The van der Waals surface area contributed by atoms with E-state index >= 15 is 0 Å². The number of aryl methyl sites for hydroxylation is 2. The zero-order valence-corrected chi connectivity index (χ0v) is 13.8. The summed E-state index contributed by atoms with van der Waals surface area (Å²) < 4.78 is 0. The van der Waals surface area contributed by atoms with Gasteiger partial charge in [0.1, 0.15) is 6.04 Å². The van der Waals surface area contributed by atoms with Gasteiger partial charge in [0.15, 0.2) is 5.78 Å². The van der Waals surface area contributed by atoms with Crippen molar-refractivity contribution in [2.75, 3.05) is 4.90 Å². The summed E-state index contributed by atoms with van der Waals surface area (Å²) in [6.07, 6.45) is 4.87. The number of carbonyl (C=O) groups is 1. The van der Waals surface area contributed by atoms with Gasteiger partial charge in [-0.1, -0.05) is 30.3 Å². The molecule has 1 saturated heterocycles. The first-order valence-electron chi connectivity index (χ1n) is 8.54. The van der Waals surface area contributed by atoms with Crippen molar-refractivity contribution in [2.45, 2.75) is 38.3 Å². The molecule has 1 aliphatic carbocycles. The van der Waals surface area contributed by atoms with Crippen molar-refractivity contribution in [3.8, 4) is 0 Å². The van der Waals surface area contributed by atoms with Gasteiger partial charge < -0.3 is 4.90 Å². The normalized spacial score (nSPS) is 29.8. The van der Waals surface area contributed by atoms with Crippen molar-refractivity contribution in [3.05, 3.63) is 65.0 Å². The molecule has 2 bridgehead atoms. The molecule has 0 spiro atoms. The van der Waals surface area contributed by atoms with Crippen molar-refractivity contribution >= 4 is 11.7 Å². The van der Waals surface area contributed by atoms with E-state index in [2.05, 4.69) is 45.2 Å². The average molecular weight is 317 g/mol. The van der Waals surface area contributed by atoms with E-state index < -0.39 is 0 Å². The Balaban J connectivity index is 1.67. The van der Waals surface area contributed by atoms with Crippen LogP contribution in [0.5, 0.6) is 0 Å². The zero-order chi connectivity index (χ0) is 16.4. The lowest BCUT2D eigenvalue weighted by Gasteiger charge is -2.33. The van der Waals surface area contributed by atoms with Gasteiger partial charge in [0.25, 0.3) is 0 Å². The van der Waals surface area contributed by atoms with E-state index in [0.717, 1.165) is 17.8 Å². The molecule has 120 valence electrons. The summed E-state index contributed by atoms with van der Waals surface area (Å²) >= 11 is 0. The van der Waals surface area contributed by atoms with Crippen LogP contribution in [0.4, 0.5) is 5.95 Å². The van der Waals surface area contributed by atoms with E-state index in [4.69, 9.17) is 0 Å². The second-order valence-electron chi connectivity index (χ2n) is 7.15. The fourth-order valence-corrected chi connectivity index (χ4v) is 4.88. The van der Waals surface area contributed by atoms with Crippen LogP contribution in [0.3, 0.4) is 0 Å². The molecule has 3 heterocycles. The van der Waals surface area contributed by atoms with Crippen molar-refractivity contribution < 1.29 is 4.79 Å². The van der Waals surface area contributed by atoms with Crippen molar-refractivity contribution in [3.63, 3.8) is 0 Å². The molecule has 5 rings (SSSR count). The Bertz CT molecular complexity index is 868. The fourth-order valence-electron chi connectivity index (χ4n) is 4.88. The number of carbonyl (C=O) groups excluding carboxylic acids is 1. The van der Waals surface area contributed by atoms with Gasteiger partial charge in [0.05, 0.1) is 6.04 Å². The van der Waals surface area contributed by atoms with Crippen LogP contribution in [0.1, 0.15) is 28.4 Å². The van der Waals surface area contributed by atoms with Crippen LogP contribution in [0.15, 0.2) is 42.5 Å². The van der Waals surface area contributed by atoms with Crippen LogP contribution in [-0.4, -0.2) is 27.8 Å². The number of rotatable bonds is 1. The Morgan fingerprint density at radius 2 is 1.88 bits per heavy atom. The van der Waals surface area contributed by atoms with Crippen LogP contribution >= 0.6 is 0 Å². The molecule has 0 radical (unpaired) electrons. The maximum atomic E-state index is 12.8. The van der Waals surface area contributed by atoms with Crippen molar-refractivity contribution in [1.82, 2.24) is 9.97 Å². The Kier molecular flexibility index (Phi) is 2.76. The molecule has 4 nitrogen and oxygen atoms in total. The molecule has 4 atom stereocenters. The third-order valence-corrected chi connectivity index (χ3v) is 5.68. The molecular weight excluding hydrogens is 298 g/mol.